The monoisotopic (exact) mass is 378 g/mol. The molecule has 4 amide bonds. The smallest absolute Gasteiger partial charge is 0.380 e. The number of piperidine rings is 1. The topological polar surface area (TPSA) is 155 Å². The highest BCUT2D eigenvalue weighted by atomic mass is 32.3. The van der Waals surface area contributed by atoms with Crippen LogP contribution in [0.25, 0.3) is 0 Å². The van der Waals surface area contributed by atoms with Gasteiger partial charge in [-0.1, -0.05) is 6.92 Å². The molecule has 0 aromatic carbocycles. The van der Waals surface area contributed by atoms with Crippen LogP contribution < -0.4 is 10.9 Å². The highest BCUT2D eigenvalue weighted by Crippen LogP contribution is 2.47. The first-order valence-corrected chi connectivity index (χ1v) is 8.97. The van der Waals surface area contributed by atoms with Crippen molar-refractivity contribution < 1.29 is 36.4 Å². The summed E-state index contributed by atoms with van der Waals surface area (Å²) in [4.78, 5) is 37.3. The van der Waals surface area contributed by atoms with Crippen LogP contribution in [-0.2, 0) is 29.0 Å². The number of rotatable bonds is 4. The van der Waals surface area contributed by atoms with Crippen LogP contribution in [0.2, 0.25) is 0 Å². The van der Waals surface area contributed by atoms with Gasteiger partial charge in [0.15, 0.2) is 0 Å². The average molecular weight is 378 g/mol. The maximum Gasteiger partial charge on any atom is 0.418 e. The van der Waals surface area contributed by atoms with Crippen LogP contribution in [0.4, 0.5) is 4.79 Å². The molecule has 3 saturated heterocycles. The lowest BCUT2D eigenvalue weighted by Gasteiger charge is -2.50. The lowest BCUT2D eigenvalue weighted by molar-refractivity contribution is -0.193. The Morgan fingerprint density at radius 2 is 2.08 bits per heavy atom. The van der Waals surface area contributed by atoms with E-state index in [2.05, 4.69) is 15.1 Å². The van der Waals surface area contributed by atoms with Crippen molar-refractivity contribution in [1.29, 1.82) is 0 Å². The van der Waals surface area contributed by atoms with Crippen LogP contribution in [-0.4, -0.2) is 72.6 Å². The van der Waals surface area contributed by atoms with E-state index in [1.807, 2.05) is 0 Å². The summed E-state index contributed by atoms with van der Waals surface area (Å²) in [6, 6.07) is -2.46. The Morgan fingerprint density at radius 1 is 1.40 bits per heavy atom. The molecule has 0 aromatic rings. The summed E-state index contributed by atoms with van der Waals surface area (Å²) in [6.07, 6.45) is 0.381. The number of fused-ring (bicyclic) bond motifs is 3. The summed E-state index contributed by atoms with van der Waals surface area (Å²) in [6.45, 7) is 2.09. The number of nitrogens with one attached hydrogen (secondary N) is 2. The minimum atomic E-state index is -4.90. The number of urea groups is 1. The number of hydrogen-bond donors (Lipinski definition) is 3. The van der Waals surface area contributed by atoms with Crippen LogP contribution in [0, 0.1) is 5.41 Å². The van der Waals surface area contributed by atoms with Crippen molar-refractivity contribution in [3.63, 3.8) is 0 Å². The van der Waals surface area contributed by atoms with Gasteiger partial charge in [-0.05, 0) is 6.42 Å². The molecular weight excluding hydrogens is 360 g/mol. The van der Waals surface area contributed by atoms with Crippen molar-refractivity contribution in [3.8, 4) is 0 Å². The lowest BCUT2D eigenvalue weighted by Crippen LogP contribution is -2.64. The fourth-order valence-corrected chi connectivity index (χ4v) is 3.70. The molecule has 2 unspecified atom stereocenters. The Morgan fingerprint density at radius 3 is 2.60 bits per heavy atom. The zero-order valence-corrected chi connectivity index (χ0v) is 14.1. The minimum Gasteiger partial charge on any atom is -0.380 e. The molecule has 3 N–H and O–H groups in total. The molecule has 2 atom stereocenters. The van der Waals surface area contributed by atoms with Gasteiger partial charge in [-0.3, -0.25) is 25.0 Å². The zero-order chi connectivity index (χ0) is 18.4. The second-order valence-electron chi connectivity index (χ2n) is 6.24. The molecule has 13 heteroatoms. The molecule has 3 fully saturated rings. The van der Waals surface area contributed by atoms with Gasteiger partial charge in [0.1, 0.15) is 6.04 Å². The molecule has 3 heterocycles. The first-order chi connectivity index (χ1) is 11.7. The summed E-state index contributed by atoms with van der Waals surface area (Å²) in [5.41, 5.74) is 3.82. The van der Waals surface area contributed by atoms with E-state index in [0.29, 0.717) is 5.06 Å². The maximum absolute atomic E-state index is 12.4. The molecule has 0 aliphatic carbocycles. The standard InChI is InChI=1S/C12H18N4O8S/c1-2-9(17)13-14-10(18)7-3-12(5-23-6-12)8-4-15(7)11(19)16(8)24-25(20,21)22/h7-8H,2-6H2,1H3,(H,13,17)(H,14,18)(H,20,21,22). The fourth-order valence-electron chi connectivity index (χ4n) is 3.33. The molecule has 0 saturated carbocycles. The van der Waals surface area contributed by atoms with Crippen molar-refractivity contribution in [3.05, 3.63) is 0 Å². The van der Waals surface area contributed by atoms with Gasteiger partial charge in [0.25, 0.3) is 5.91 Å². The largest absolute Gasteiger partial charge is 0.418 e. The van der Waals surface area contributed by atoms with Crippen molar-refractivity contribution in [2.24, 2.45) is 5.41 Å². The third-order valence-electron chi connectivity index (χ3n) is 4.67. The van der Waals surface area contributed by atoms with Gasteiger partial charge in [0.05, 0.1) is 19.3 Å². The molecule has 3 rings (SSSR count). The zero-order valence-electron chi connectivity index (χ0n) is 13.3. The number of carbonyl (C=O) groups excluding carboxylic acids is 3. The number of ether oxygens (including phenoxy) is 1. The molecule has 140 valence electrons. The summed E-state index contributed by atoms with van der Waals surface area (Å²) in [5, 5.41) is 0.579. The van der Waals surface area contributed by atoms with E-state index >= 15 is 0 Å². The number of hydrazine groups is 1. The Balaban J connectivity index is 1.81. The lowest BCUT2D eigenvalue weighted by atomic mass is 9.71. The Kier molecular flexibility index (Phi) is 4.35. The molecule has 12 nitrogen and oxygen atoms in total. The van der Waals surface area contributed by atoms with E-state index in [-0.39, 0.29) is 32.6 Å². The molecule has 0 aromatic heterocycles. The number of nitrogens with zero attached hydrogens (tertiary/aromatic N) is 2. The van der Waals surface area contributed by atoms with E-state index < -0.39 is 45.7 Å². The fraction of sp³-hybridized carbons (Fsp3) is 0.750. The van der Waals surface area contributed by atoms with E-state index in [0.717, 1.165) is 4.90 Å². The van der Waals surface area contributed by atoms with E-state index in [9.17, 15) is 22.8 Å². The normalized spacial score (nSPS) is 27.2. The number of hydrogen-bond acceptors (Lipinski definition) is 7. The summed E-state index contributed by atoms with van der Waals surface area (Å²) in [7, 11) is -4.90. The van der Waals surface area contributed by atoms with Crippen molar-refractivity contribution in [2.75, 3.05) is 19.8 Å². The molecule has 3 aliphatic rings. The third kappa shape index (κ3) is 3.15. The van der Waals surface area contributed by atoms with Crippen LogP contribution in [0.1, 0.15) is 19.8 Å². The minimum absolute atomic E-state index is 0.0392. The van der Waals surface area contributed by atoms with Gasteiger partial charge in [0, 0.05) is 18.4 Å². The highest BCUT2D eigenvalue weighted by Gasteiger charge is 2.63. The van der Waals surface area contributed by atoms with Gasteiger partial charge < -0.3 is 9.64 Å². The van der Waals surface area contributed by atoms with Gasteiger partial charge in [0.2, 0.25) is 5.91 Å². The first-order valence-electron chi connectivity index (χ1n) is 7.60. The van der Waals surface area contributed by atoms with Gasteiger partial charge in [-0.15, -0.1) is 4.28 Å². The van der Waals surface area contributed by atoms with Crippen LogP contribution >= 0.6 is 0 Å². The number of carbonyl (C=O) groups is 3. The van der Waals surface area contributed by atoms with Gasteiger partial charge in [-0.2, -0.15) is 13.5 Å². The molecule has 3 aliphatic heterocycles. The van der Waals surface area contributed by atoms with Crippen molar-refractivity contribution in [2.45, 2.75) is 31.8 Å². The predicted molar refractivity (Wildman–Crippen MR) is 78.6 cm³/mol. The van der Waals surface area contributed by atoms with Crippen LogP contribution in [0.15, 0.2) is 0 Å². The van der Waals surface area contributed by atoms with E-state index in [1.165, 1.54) is 0 Å². The Hall–Kier alpha value is -1.96. The van der Waals surface area contributed by atoms with Crippen LogP contribution in [0.5, 0.6) is 0 Å². The molecule has 1 spiro atoms. The van der Waals surface area contributed by atoms with Gasteiger partial charge in [-0.25, -0.2) is 4.79 Å². The van der Waals surface area contributed by atoms with Crippen LogP contribution in [0.3, 0.4) is 0 Å². The molecule has 0 radical (unpaired) electrons. The molecular formula is C12H18N4O8S. The predicted octanol–water partition coefficient (Wildman–Crippen LogP) is -1.83. The Labute approximate surface area is 143 Å². The van der Waals surface area contributed by atoms with Crippen molar-refractivity contribution >= 4 is 28.2 Å². The average Bonchev–Trinajstić information content (AvgIpc) is 2.77. The number of hydroxylamine groups is 2. The second kappa shape index (κ2) is 6.09. The third-order valence-corrected chi connectivity index (χ3v) is 5.02. The number of amides is 4. The van der Waals surface area contributed by atoms with Crippen molar-refractivity contribution in [1.82, 2.24) is 20.8 Å². The van der Waals surface area contributed by atoms with E-state index in [4.69, 9.17) is 9.29 Å². The summed E-state index contributed by atoms with van der Waals surface area (Å²) >= 11 is 0. The van der Waals surface area contributed by atoms with E-state index in [1.54, 1.807) is 6.92 Å². The summed E-state index contributed by atoms with van der Waals surface area (Å²) < 4.78 is 40.6. The summed E-state index contributed by atoms with van der Waals surface area (Å²) in [5.74, 6) is -0.999. The highest BCUT2D eigenvalue weighted by molar-refractivity contribution is 7.80. The first kappa shape index (κ1) is 17.8. The second-order valence-corrected chi connectivity index (χ2v) is 7.25. The Bertz CT molecular complexity index is 706. The maximum atomic E-state index is 12.4. The van der Waals surface area contributed by atoms with Gasteiger partial charge >= 0.3 is 16.4 Å². The quantitative estimate of drug-likeness (QED) is 0.381. The molecule has 25 heavy (non-hydrogen) atoms. The molecule has 2 bridgehead atoms. The SMILES string of the molecule is CCC(=O)NNC(=O)C1CC2(COC2)C2CN1C(=O)N2OS(=O)(=O)O.